The van der Waals surface area contributed by atoms with E-state index < -0.39 is 38.2 Å². The van der Waals surface area contributed by atoms with E-state index in [2.05, 4.69) is 0 Å². The molecule has 0 radical (unpaired) electrons. The van der Waals surface area contributed by atoms with E-state index in [4.69, 9.17) is 5.73 Å². The molecule has 1 fully saturated rings. The van der Waals surface area contributed by atoms with E-state index in [0.717, 1.165) is 4.31 Å². The Balaban J connectivity index is 2.37. The third-order valence-electron chi connectivity index (χ3n) is 3.91. The Morgan fingerprint density at radius 3 is 2.00 bits per heavy atom. The molecule has 0 bridgehead atoms. The lowest BCUT2D eigenvalue weighted by Gasteiger charge is -2.33. The molecule has 9 heteroatoms. The highest BCUT2D eigenvalue weighted by Crippen LogP contribution is 2.30. The van der Waals surface area contributed by atoms with Crippen LogP contribution in [-0.2, 0) is 10.0 Å². The summed E-state index contributed by atoms with van der Waals surface area (Å²) in [4.78, 5) is -1.58. The summed E-state index contributed by atoms with van der Waals surface area (Å²) in [6.45, 7) is 1.77. The smallest absolute Gasteiger partial charge is 0.249 e. The van der Waals surface area contributed by atoms with Crippen molar-refractivity contribution in [3.8, 4) is 0 Å². The highest BCUT2D eigenvalue weighted by atomic mass is 32.2. The van der Waals surface area contributed by atoms with Crippen LogP contribution in [0.2, 0.25) is 0 Å². The molecule has 1 aliphatic rings. The van der Waals surface area contributed by atoms with Crippen LogP contribution in [0, 0.1) is 29.2 Å². The topological polar surface area (TPSA) is 63.4 Å². The van der Waals surface area contributed by atoms with E-state index in [1.807, 2.05) is 0 Å². The average Bonchev–Trinajstić information content (AvgIpc) is 2.45. The first-order valence-electron chi connectivity index (χ1n) is 6.75. The number of rotatable bonds is 3. The summed E-state index contributed by atoms with van der Waals surface area (Å²) in [5.74, 6) is -7.22. The van der Waals surface area contributed by atoms with Gasteiger partial charge in [-0.3, -0.25) is 0 Å². The molecule has 0 spiro atoms. The van der Waals surface area contributed by atoms with Gasteiger partial charge in [-0.15, -0.1) is 0 Å². The third kappa shape index (κ3) is 2.97. The zero-order valence-electron chi connectivity index (χ0n) is 11.8. The van der Waals surface area contributed by atoms with Gasteiger partial charge in [0.2, 0.25) is 10.0 Å². The molecule has 124 valence electrons. The summed E-state index contributed by atoms with van der Waals surface area (Å²) in [6.07, 6.45) is 0.829. The van der Waals surface area contributed by atoms with Crippen molar-refractivity contribution in [3.05, 3.63) is 29.3 Å². The molecule has 1 atom stereocenters. The fourth-order valence-corrected chi connectivity index (χ4v) is 4.15. The Labute approximate surface area is 126 Å². The largest absolute Gasteiger partial charge is 0.328 e. The zero-order valence-corrected chi connectivity index (χ0v) is 12.6. The normalized spacial score (nSPS) is 19.4. The first kappa shape index (κ1) is 17.2. The summed E-state index contributed by atoms with van der Waals surface area (Å²) in [6, 6.07) is -0.156. The van der Waals surface area contributed by atoms with Gasteiger partial charge in [-0.1, -0.05) is 0 Å². The van der Waals surface area contributed by atoms with Crippen molar-refractivity contribution >= 4 is 10.0 Å². The number of nitrogens with zero attached hydrogens (tertiary/aromatic N) is 1. The maximum atomic E-state index is 13.7. The monoisotopic (exact) mass is 340 g/mol. The van der Waals surface area contributed by atoms with E-state index in [-0.39, 0.29) is 31.1 Å². The van der Waals surface area contributed by atoms with E-state index in [0.29, 0.717) is 12.8 Å². The Bertz CT molecular complexity index is 645. The number of nitrogens with two attached hydrogens (primary N) is 1. The van der Waals surface area contributed by atoms with Gasteiger partial charge in [0.1, 0.15) is 0 Å². The minimum atomic E-state index is -4.65. The fourth-order valence-electron chi connectivity index (χ4n) is 2.55. The second-order valence-corrected chi connectivity index (χ2v) is 7.27. The van der Waals surface area contributed by atoms with Crippen molar-refractivity contribution < 1.29 is 26.0 Å². The standard InChI is InChI=1S/C13H16F4N2O2S/c1-7(18)8-2-4-19(5-3-8)22(20,21)13-11(16)9(14)6-10(15)12(13)17/h6-8H,2-5,18H2,1H3. The third-order valence-corrected chi connectivity index (χ3v) is 5.83. The molecule has 1 saturated heterocycles. The first-order chi connectivity index (χ1) is 10.2. The highest BCUT2D eigenvalue weighted by molar-refractivity contribution is 7.89. The Kier molecular flexibility index (Phi) is 4.78. The Morgan fingerprint density at radius 1 is 1.14 bits per heavy atom. The predicted molar refractivity (Wildman–Crippen MR) is 71.4 cm³/mol. The average molecular weight is 340 g/mol. The Morgan fingerprint density at radius 2 is 1.59 bits per heavy atom. The van der Waals surface area contributed by atoms with Gasteiger partial charge in [0, 0.05) is 25.2 Å². The van der Waals surface area contributed by atoms with Crippen LogP contribution in [0.3, 0.4) is 0 Å². The van der Waals surface area contributed by atoms with Crippen LogP contribution in [0.1, 0.15) is 19.8 Å². The van der Waals surface area contributed by atoms with E-state index in [1.165, 1.54) is 0 Å². The second-order valence-electron chi connectivity index (χ2n) is 5.40. The van der Waals surface area contributed by atoms with Gasteiger partial charge in [-0.2, -0.15) is 4.31 Å². The van der Waals surface area contributed by atoms with Crippen molar-refractivity contribution in [1.29, 1.82) is 0 Å². The van der Waals surface area contributed by atoms with Crippen LogP contribution in [-0.4, -0.2) is 31.9 Å². The summed E-state index contributed by atoms with van der Waals surface area (Å²) in [5, 5.41) is 0. The number of piperidine rings is 1. The van der Waals surface area contributed by atoms with Crippen LogP contribution in [0.15, 0.2) is 11.0 Å². The van der Waals surface area contributed by atoms with Crippen LogP contribution >= 0.6 is 0 Å². The van der Waals surface area contributed by atoms with Gasteiger partial charge in [-0.05, 0) is 25.7 Å². The number of halogens is 4. The van der Waals surface area contributed by atoms with Crippen molar-refractivity contribution in [3.63, 3.8) is 0 Å². The highest BCUT2D eigenvalue weighted by Gasteiger charge is 2.36. The molecule has 4 nitrogen and oxygen atoms in total. The second kappa shape index (κ2) is 6.13. The number of hydrogen-bond donors (Lipinski definition) is 1. The molecular weight excluding hydrogens is 324 g/mol. The molecular formula is C13H16F4N2O2S. The zero-order chi connectivity index (χ0) is 16.7. The summed E-state index contributed by atoms with van der Waals surface area (Å²) < 4.78 is 79.2. The predicted octanol–water partition coefficient (Wildman–Crippen LogP) is 1.99. The summed E-state index contributed by atoms with van der Waals surface area (Å²) >= 11 is 0. The maximum absolute atomic E-state index is 13.7. The van der Waals surface area contributed by atoms with Crippen molar-refractivity contribution in [2.24, 2.45) is 11.7 Å². The van der Waals surface area contributed by atoms with Gasteiger partial charge in [-0.25, -0.2) is 26.0 Å². The van der Waals surface area contributed by atoms with Crippen molar-refractivity contribution in [2.75, 3.05) is 13.1 Å². The quantitative estimate of drug-likeness (QED) is 0.676. The molecule has 1 aromatic rings. The number of sulfonamides is 1. The molecule has 0 aliphatic carbocycles. The van der Waals surface area contributed by atoms with Crippen LogP contribution in [0.5, 0.6) is 0 Å². The summed E-state index contributed by atoms with van der Waals surface area (Å²) in [5.41, 5.74) is 5.73. The van der Waals surface area contributed by atoms with E-state index in [9.17, 15) is 26.0 Å². The molecule has 2 rings (SSSR count). The molecule has 1 heterocycles. The van der Waals surface area contributed by atoms with E-state index in [1.54, 1.807) is 6.92 Å². The molecule has 1 aromatic carbocycles. The van der Waals surface area contributed by atoms with Gasteiger partial charge in [0.15, 0.2) is 28.2 Å². The first-order valence-corrected chi connectivity index (χ1v) is 8.19. The minimum absolute atomic E-state index is 0.00838. The van der Waals surface area contributed by atoms with Gasteiger partial charge in [0.05, 0.1) is 0 Å². The van der Waals surface area contributed by atoms with Crippen LogP contribution in [0.25, 0.3) is 0 Å². The van der Waals surface area contributed by atoms with Crippen LogP contribution in [0.4, 0.5) is 17.6 Å². The molecule has 1 aliphatic heterocycles. The lowest BCUT2D eigenvalue weighted by Crippen LogP contribution is -2.43. The van der Waals surface area contributed by atoms with Gasteiger partial charge < -0.3 is 5.73 Å². The number of benzene rings is 1. The van der Waals surface area contributed by atoms with Gasteiger partial charge in [0.25, 0.3) is 0 Å². The Hall–Kier alpha value is -1.19. The number of hydrogen-bond acceptors (Lipinski definition) is 3. The van der Waals surface area contributed by atoms with Crippen molar-refractivity contribution in [1.82, 2.24) is 4.31 Å². The molecule has 0 saturated carbocycles. The maximum Gasteiger partial charge on any atom is 0.249 e. The molecule has 2 N–H and O–H groups in total. The van der Waals surface area contributed by atoms with Crippen molar-refractivity contribution in [2.45, 2.75) is 30.7 Å². The van der Waals surface area contributed by atoms with Gasteiger partial charge >= 0.3 is 0 Å². The lowest BCUT2D eigenvalue weighted by molar-refractivity contribution is 0.249. The van der Waals surface area contributed by atoms with E-state index >= 15 is 0 Å². The molecule has 0 amide bonds. The van der Waals surface area contributed by atoms with Crippen LogP contribution < -0.4 is 5.73 Å². The minimum Gasteiger partial charge on any atom is -0.328 e. The molecule has 1 unspecified atom stereocenters. The summed E-state index contributed by atoms with van der Waals surface area (Å²) in [7, 11) is -4.65. The lowest BCUT2D eigenvalue weighted by atomic mass is 9.92. The SMILES string of the molecule is CC(N)C1CCN(S(=O)(=O)c2c(F)c(F)cc(F)c2F)CC1. The molecule has 0 aromatic heterocycles. The molecule has 22 heavy (non-hydrogen) atoms. The fraction of sp³-hybridized carbons (Fsp3) is 0.538.